The topological polar surface area (TPSA) is 23.5 Å². The van der Waals surface area contributed by atoms with Gasteiger partial charge in [0.25, 0.3) is 0 Å². The zero-order chi connectivity index (χ0) is 16.0. The van der Waals surface area contributed by atoms with Crippen molar-refractivity contribution < 1.29 is 5.11 Å². The third-order valence-electron chi connectivity index (χ3n) is 4.80. The number of hydrogen-bond donors (Lipinski definition) is 1. The normalized spacial score (nSPS) is 17.3. The molecule has 0 heterocycles. The van der Waals surface area contributed by atoms with Crippen LogP contribution < -0.4 is 0 Å². The molecule has 0 aliphatic heterocycles. The van der Waals surface area contributed by atoms with Crippen LogP contribution in [-0.2, 0) is 13.1 Å². The van der Waals surface area contributed by atoms with Gasteiger partial charge < -0.3 is 5.11 Å². The Morgan fingerprint density at radius 2 is 1.22 bits per heavy atom. The molecule has 0 bridgehead atoms. The van der Waals surface area contributed by atoms with Crippen molar-refractivity contribution in [2.75, 3.05) is 6.54 Å². The second-order valence-electron chi connectivity index (χ2n) is 6.90. The molecule has 0 radical (unpaired) electrons. The first-order valence-corrected chi connectivity index (χ1v) is 8.76. The first-order valence-electron chi connectivity index (χ1n) is 8.76. The van der Waals surface area contributed by atoms with Crippen LogP contribution in [0.15, 0.2) is 60.7 Å². The van der Waals surface area contributed by atoms with Crippen molar-refractivity contribution in [1.82, 2.24) is 4.90 Å². The molecule has 3 rings (SSSR count). The van der Waals surface area contributed by atoms with E-state index in [1.54, 1.807) is 0 Å². The second-order valence-corrected chi connectivity index (χ2v) is 6.90. The van der Waals surface area contributed by atoms with Crippen LogP contribution >= 0.6 is 0 Å². The summed E-state index contributed by atoms with van der Waals surface area (Å²) < 4.78 is 0. The highest BCUT2D eigenvalue weighted by atomic mass is 16.3. The molecule has 0 unspecified atom stereocenters. The van der Waals surface area contributed by atoms with E-state index < -0.39 is 5.60 Å². The van der Waals surface area contributed by atoms with Gasteiger partial charge in [0.05, 0.1) is 5.60 Å². The van der Waals surface area contributed by atoms with E-state index in [1.807, 2.05) is 0 Å². The van der Waals surface area contributed by atoms with E-state index in [2.05, 4.69) is 65.6 Å². The molecule has 1 saturated carbocycles. The van der Waals surface area contributed by atoms with Crippen molar-refractivity contribution in [3.8, 4) is 0 Å². The Bertz CT molecular complexity index is 534. The second kappa shape index (κ2) is 7.76. The molecule has 1 fully saturated rings. The Morgan fingerprint density at radius 3 is 1.70 bits per heavy atom. The van der Waals surface area contributed by atoms with E-state index in [9.17, 15) is 5.11 Å². The summed E-state index contributed by atoms with van der Waals surface area (Å²) in [6.45, 7) is 2.53. The first-order chi connectivity index (χ1) is 11.2. The SMILES string of the molecule is OC1(CN(Cc2ccccc2)Cc2ccccc2)CCCCC1. The summed E-state index contributed by atoms with van der Waals surface area (Å²) in [5, 5.41) is 11.0. The predicted molar refractivity (Wildman–Crippen MR) is 95.0 cm³/mol. The Hall–Kier alpha value is -1.64. The molecule has 2 aromatic rings. The van der Waals surface area contributed by atoms with Crippen LogP contribution in [0.25, 0.3) is 0 Å². The lowest BCUT2D eigenvalue weighted by Gasteiger charge is -2.37. The van der Waals surface area contributed by atoms with Gasteiger partial charge in [-0.3, -0.25) is 4.90 Å². The zero-order valence-corrected chi connectivity index (χ0v) is 13.8. The minimum atomic E-state index is -0.512. The average Bonchev–Trinajstić information content (AvgIpc) is 2.57. The van der Waals surface area contributed by atoms with E-state index in [1.165, 1.54) is 17.5 Å². The van der Waals surface area contributed by atoms with Crippen LogP contribution in [0.1, 0.15) is 43.2 Å². The molecule has 1 aliphatic carbocycles. The Kier molecular flexibility index (Phi) is 5.47. The Balaban J connectivity index is 1.72. The number of hydrogen-bond acceptors (Lipinski definition) is 2. The van der Waals surface area contributed by atoms with Gasteiger partial charge in [-0.2, -0.15) is 0 Å². The lowest BCUT2D eigenvalue weighted by molar-refractivity contribution is -0.0301. The Labute approximate surface area is 139 Å². The fourth-order valence-electron chi connectivity index (χ4n) is 3.64. The zero-order valence-electron chi connectivity index (χ0n) is 13.8. The quantitative estimate of drug-likeness (QED) is 0.856. The number of aliphatic hydroxyl groups is 1. The van der Waals surface area contributed by atoms with Gasteiger partial charge in [-0.05, 0) is 24.0 Å². The molecule has 0 spiro atoms. The van der Waals surface area contributed by atoms with E-state index in [4.69, 9.17) is 0 Å². The van der Waals surface area contributed by atoms with Gasteiger partial charge in [0.2, 0.25) is 0 Å². The summed E-state index contributed by atoms with van der Waals surface area (Å²) in [5.41, 5.74) is 2.10. The van der Waals surface area contributed by atoms with Crippen molar-refractivity contribution >= 4 is 0 Å². The lowest BCUT2D eigenvalue weighted by atomic mass is 9.84. The van der Waals surface area contributed by atoms with Crippen LogP contribution in [0.4, 0.5) is 0 Å². The molecule has 2 nitrogen and oxygen atoms in total. The Morgan fingerprint density at radius 1 is 0.739 bits per heavy atom. The van der Waals surface area contributed by atoms with Crippen LogP contribution in [0.5, 0.6) is 0 Å². The third kappa shape index (κ3) is 4.92. The molecule has 23 heavy (non-hydrogen) atoms. The summed E-state index contributed by atoms with van der Waals surface area (Å²) >= 11 is 0. The average molecular weight is 309 g/mol. The van der Waals surface area contributed by atoms with Gasteiger partial charge in [-0.25, -0.2) is 0 Å². The highest BCUT2D eigenvalue weighted by Gasteiger charge is 2.31. The van der Waals surface area contributed by atoms with Crippen molar-refractivity contribution in [1.29, 1.82) is 0 Å². The van der Waals surface area contributed by atoms with Crippen molar-refractivity contribution in [3.05, 3.63) is 71.8 Å². The van der Waals surface area contributed by atoms with Crippen molar-refractivity contribution in [2.24, 2.45) is 0 Å². The maximum Gasteiger partial charge on any atom is 0.0774 e. The summed E-state index contributed by atoms with van der Waals surface area (Å²) in [4.78, 5) is 2.40. The van der Waals surface area contributed by atoms with E-state index >= 15 is 0 Å². The number of nitrogens with zero attached hydrogens (tertiary/aromatic N) is 1. The largest absolute Gasteiger partial charge is 0.389 e. The van der Waals surface area contributed by atoms with Gasteiger partial charge in [0.15, 0.2) is 0 Å². The smallest absolute Gasteiger partial charge is 0.0774 e. The van der Waals surface area contributed by atoms with E-state index in [-0.39, 0.29) is 0 Å². The summed E-state index contributed by atoms with van der Waals surface area (Å²) in [5.74, 6) is 0. The summed E-state index contributed by atoms with van der Waals surface area (Å²) in [6.07, 6.45) is 5.45. The minimum Gasteiger partial charge on any atom is -0.389 e. The van der Waals surface area contributed by atoms with Gasteiger partial charge in [-0.1, -0.05) is 79.9 Å². The molecule has 0 aromatic heterocycles. The van der Waals surface area contributed by atoms with Crippen LogP contribution in [0.2, 0.25) is 0 Å². The van der Waals surface area contributed by atoms with Crippen LogP contribution in [0.3, 0.4) is 0 Å². The number of benzene rings is 2. The minimum absolute atomic E-state index is 0.512. The molecule has 2 aromatic carbocycles. The number of rotatable bonds is 6. The fourth-order valence-corrected chi connectivity index (χ4v) is 3.64. The molecule has 0 saturated heterocycles. The monoisotopic (exact) mass is 309 g/mol. The fraction of sp³-hybridized carbons (Fsp3) is 0.429. The summed E-state index contributed by atoms with van der Waals surface area (Å²) in [7, 11) is 0. The standard InChI is InChI=1S/C21H27NO/c23-21(14-8-3-9-15-21)18-22(16-19-10-4-1-5-11-19)17-20-12-6-2-7-13-20/h1-2,4-7,10-13,23H,3,8-9,14-18H2. The molecular formula is C21H27NO. The van der Waals surface area contributed by atoms with Gasteiger partial charge in [0, 0.05) is 19.6 Å². The maximum absolute atomic E-state index is 11.0. The molecular weight excluding hydrogens is 282 g/mol. The predicted octanol–water partition coefficient (Wildman–Crippen LogP) is 4.38. The van der Waals surface area contributed by atoms with Crippen LogP contribution in [-0.4, -0.2) is 22.2 Å². The van der Waals surface area contributed by atoms with E-state index in [0.717, 1.165) is 45.3 Å². The maximum atomic E-state index is 11.0. The van der Waals surface area contributed by atoms with E-state index in [0.29, 0.717) is 0 Å². The molecule has 2 heteroatoms. The first kappa shape index (κ1) is 16.2. The van der Waals surface area contributed by atoms with Crippen molar-refractivity contribution in [2.45, 2.75) is 50.8 Å². The van der Waals surface area contributed by atoms with Gasteiger partial charge in [0.1, 0.15) is 0 Å². The molecule has 1 aliphatic rings. The van der Waals surface area contributed by atoms with Crippen molar-refractivity contribution in [3.63, 3.8) is 0 Å². The highest BCUT2D eigenvalue weighted by Crippen LogP contribution is 2.29. The summed E-state index contributed by atoms with van der Waals surface area (Å²) in [6, 6.07) is 21.1. The van der Waals surface area contributed by atoms with Gasteiger partial charge >= 0.3 is 0 Å². The van der Waals surface area contributed by atoms with Gasteiger partial charge in [-0.15, -0.1) is 0 Å². The molecule has 1 N–H and O–H groups in total. The molecule has 0 amide bonds. The lowest BCUT2D eigenvalue weighted by Crippen LogP contribution is -2.43. The highest BCUT2D eigenvalue weighted by molar-refractivity contribution is 5.17. The third-order valence-corrected chi connectivity index (χ3v) is 4.80. The molecule has 0 atom stereocenters. The molecule has 122 valence electrons. The van der Waals surface area contributed by atoms with Crippen LogP contribution in [0, 0.1) is 0 Å².